The molecule has 0 radical (unpaired) electrons. The maximum Gasteiger partial charge on any atom is 0.231 e. The molecule has 100 valence electrons. The van der Waals surface area contributed by atoms with Gasteiger partial charge in [0.15, 0.2) is 17.3 Å². The number of carbonyl (C=O) groups excluding carboxylic acids is 2. The van der Waals surface area contributed by atoms with E-state index in [1.54, 1.807) is 23.1 Å². The molecule has 1 fully saturated rings. The lowest BCUT2D eigenvalue weighted by molar-refractivity contribution is -0.128. The van der Waals surface area contributed by atoms with Crippen molar-refractivity contribution < 1.29 is 19.1 Å². The Morgan fingerprint density at radius 2 is 2.05 bits per heavy atom. The number of ether oxygens (including phenoxy) is 2. The van der Waals surface area contributed by atoms with Gasteiger partial charge in [-0.25, -0.2) is 0 Å². The molecule has 2 aliphatic heterocycles. The van der Waals surface area contributed by atoms with Crippen molar-refractivity contribution in [1.82, 2.24) is 4.90 Å². The molecule has 19 heavy (non-hydrogen) atoms. The first kappa shape index (κ1) is 12.0. The second kappa shape index (κ2) is 4.57. The molecule has 0 N–H and O–H groups in total. The van der Waals surface area contributed by atoms with Crippen molar-refractivity contribution in [2.45, 2.75) is 25.8 Å². The first-order valence-corrected chi connectivity index (χ1v) is 6.38. The van der Waals surface area contributed by atoms with Gasteiger partial charge in [0.25, 0.3) is 0 Å². The molecule has 5 heteroatoms. The van der Waals surface area contributed by atoms with Crippen molar-refractivity contribution in [1.29, 1.82) is 0 Å². The minimum absolute atomic E-state index is 0.0222. The maximum atomic E-state index is 12.5. The number of carbonyl (C=O) groups is 2. The van der Waals surface area contributed by atoms with Crippen molar-refractivity contribution in [3.8, 4) is 11.5 Å². The molecule has 0 bridgehead atoms. The van der Waals surface area contributed by atoms with E-state index in [1.807, 2.05) is 0 Å². The van der Waals surface area contributed by atoms with Crippen LogP contribution in [-0.2, 0) is 4.79 Å². The Hall–Kier alpha value is -2.04. The van der Waals surface area contributed by atoms with Crippen molar-refractivity contribution >= 4 is 11.7 Å². The number of likely N-dealkylation sites (tertiary alicyclic amines) is 1. The van der Waals surface area contributed by atoms with Gasteiger partial charge in [0.05, 0.1) is 6.04 Å². The van der Waals surface area contributed by atoms with Crippen LogP contribution in [-0.4, -0.2) is 36.0 Å². The quantitative estimate of drug-likeness (QED) is 0.759. The largest absolute Gasteiger partial charge is 0.454 e. The number of ketones is 1. The van der Waals surface area contributed by atoms with Crippen LogP contribution in [0.1, 0.15) is 30.1 Å². The smallest absolute Gasteiger partial charge is 0.231 e. The second-order valence-corrected chi connectivity index (χ2v) is 4.80. The molecule has 1 unspecified atom stereocenters. The van der Waals surface area contributed by atoms with Crippen LogP contribution in [0.25, 0.3) is 0 Å². The molecule has 1 saturated heterocycles. The normalized spacial score (nSPS) is 20.7. The van der Waals surface area contributed by atoms with E-state index in [0.29, 0.717) is 23.6 Å². The molecule has 0 aliphatic carbocycles. The molecule has 0 saturated carbocycles. The average Bonchev–Trinajstić information content (AvgIpc) is 3.05. The van der Waals surface area contributed by atoms with Gasteiger partial charge in [0.1, 0.15) is 0 Å². The predicted molar refractivity (Wildman–Crippen MR) is 67.3 cm³/mol. The SMILES string of the molecule is CC(=O)N1CCCC1C(=O)c1ccc2c(c1)OCO2. The number of nitrogens with zero attached hydrogens (tertiary/aromatic N) is 1. The second-order valence-electron chi connectivity index (χ2n) is 4.80. The van der Waals surface area contributed by atoms with Crippen LogP contribution in [0.2, 0.25) is 0 Å². The van der Waals surface area contributed by atoms with Gasteiger partial charge in [-0.05, 0) is 31.0 Å². The summed E-state index contributed by atoms with van der Waals surface area (Å²) in [5, 5.41) is 0. The fourth-order valence-electron chi connectivity index (χ4n) is 2.66. The molecule has 1 atom stereocenters. The Morgan fingerprint density at radius 3 is 2.84 bits per heavy atom. The minimum Gasteiger partial charge on any atom is -0.454 e. The molecule has 0 aromatic heterocycles. The molecule has 1 aromatic rings. The molecule has 0 spiro atoms. The van der Waals surface area contributed by atoms with E-state index < -0.39 is 0 Å². The number of benzene rings is 1. The van der Waals surface area contributed by atoms with Crippen LogP contribution >= 0.6 is 0 Å². The number of Topliss-reactive ketones (excluding diaryl/α,β-unsaturated/α-hetero) is 1. The molecular formula is C14H15NO4. The van der Waals surface area contributed by atoms with Crippen LogP contribution in [0.15, 0.2) is 18.2 Å². The first-order valence-electron chi connectivity index (χ1n) is 6.38. The van der Waals surface area contributed by atoms with Crippen molar-refractivity contribution in [2.75, 3.05) is 13.3 Å². The summed E-state index contributed by atoms with van der Waals surface area (Å²) in [6.07, 6.45) is 1.60. The number of rotatable bonds is 2. The topological polar surface area (TPSA) is 55.8 Å². The van der Waals surface area contributed by atoms with Crippen LogP contribution in [0, 0.1) is 0 Å². The fraction of sp³-hybridized carbons (Fsp3) is 0.429. The number of hydrogen-bond acceptors (Lipinski definition) is 4. The highest BCUT2D eigenvalue weighted by Gasteiger charge is 2.33. The van der Waals surface area contributed by atoms with Gasteiger partial charge in [0, 0.05) is 19.0 Å². The summed E-state index contributed by atoms with van der Waals surface area (Å²) in [4.78, 5) is 25.6. The highest BCUT2D eigenvalue weighted by atomic mass is 16.7. The third-order valence-corrected chi connectivity index (χ3v) is 3.62. The first-order chi connectivity index (χ1) is 9.16. The van der Waals surface area contributed by atoms with Gasteiger partial charge >= 0.3 is 0 Å². The Labute approximate surface area is 111 Å². The fourth-order valence-corrected chi connectivity index (χ4v) is 2.66. The van der Waals surface area contributed by atoms with E-state index in [1.165, 1.54) is 6.92 Å². The Morgan fingerprint density at radius 1 is 1.26 bits per heavy atom. The van der Waals surface area contributed by atoms with Crippen LogP contribution in [0.3, 0.4) is 0 Å². The summed E-state index contributed by atoms with van der Waals surface area (Å²) < 4.78 is 10.5. The molecule has 1 aromatic carbocycles. The third kappa shape index (κ3) is 2.05. The van der Waals surface area contributed by atoms with Crippen molar-refractivity contribution in [2.24, 2.45) is 0 Å². The lowest BCUT2D eigenvalue weighted by Crippen LogP contribution is -2.39. The molecule has 3 rings (SSSR count). The summed E-state index contributed by atoms with van der Waals surface area (Å²) in [6, 6.07) is 4.83. The lowest BCUT2D eigenvalue weighted by Gasteiger charge is -2.22. The highest BCUT2D eigenvalue weighted by molar-refractivity contribution is 6.02. The molecule has 2 heterocycles. The third-order valence-electron chi connectivity index (χ3n) is 3.62. The summed E-state index contributed by atoms with van der Waals surface area (Å²) >= 11 is 0. The van der Waals surface area contributed by atoms with Crippen molar-refractivity contribution in [3.05, 3.63) is 23.8 Å². The van der Waals surface area contributed by atoms with Gasteiger partial charge in [-0.2, -0.15) is 0 Å². The van der Waals surface area contributed by atoms with E-state index in [2.05, 4.69) is 0 Å². The van der Waals surface area contributed by atoms with Crippen molar-refractivity contribution in [3.63, 3.8) is 0 Å². The monoisotopic (exact) mass is 261 g/mol. The molecule has 2 aliphatic rings. The summed E-state index contributed by atoms with van der Waals surface area (Å²) in [5.41, 5.74) is 0.572. The van der Waals surface area contributed by atoms with Gasteiger partial charge in [-0.3, -0.25) is 9.59 Å². The summed E-state index contributed by atoms with van der Waals surface area (Å²) in [6.45, 7) is 2.36. The molecule has 1 amide bonds. The zero-order valence-electron chi connectivity index (χ0n) is 10.7. The Balaban J connectivity index is 1.85. The Bertz CT molecular complexity index is 540. The van der Waals surface area contributed by atoms with Gasteiger partial charge < -0.3 is 14.4 Å². The lowest BCUT2D eigenvalue weighted by atomic mass is 10.0. The van der Waals surface area contributed by atoms with E-state index in [4.69, 9.17) is 9.47 Å². The predicted octanol–water partition coefficient (Wildman–Crippen LogP) is 1.61. The maximum absolute atomic E-state index is 12.5. The van der Waals surface area contributed by atoms with E-state index in [-0.39, 0.29) is 24.5 Å². The number of hydrogen-bond donors (Lipinski definition) is 0. The summed E-state index contributed by atoms with van der Waals surface area (Å²) in [7, 11) is 0. The van der Waals surface area contributed by atoms with Gasteiger partial charge in [0.2, 0.25) is 12.7 Å². The highest BCUT2D eigenvalue weighted by Crippen LogP contribution is 2.33. The zero-order valence-corrected chi connectivity index (χ0v) is 10.7. The number of amides is 1. The van der Waals surface area contributed by atoms with Crippen LogP contribution in [0.5, 0.6) is 11.5 Å². The van der Waals surface area contributed by atoms with Crippen LogP contribution < -0.4 is 9.47 Å². The van der Waals surface area contributed by atoms with Gasteiger partial charge in [-0.15, -0.1) is 0 Å². The van der Waals surface area contributed by atoms with E-state index >= 15 is 0 Å². The summed E-state index contributed by atoms with van der Waals surface area (Å²) in [5.74, 6) is 1.19. The molecule has 5 nitrogen and oxygen atoms in total. The molecular weight excluding hydrogens is 246 g/mol. The standard InChI is InChI=1S/C14H15NO4/c1-9(16)15-6-2-3-11(15)14(17)10-4-5-12-13(7-10)19-8-18-12/h4-5,7,11H,2-3,6,8H2,1H3. The minimum atomic E-state index is -0.335. The van der Waals surface area contributed by atoms with Gasteiger partial charge in [-0.1, -0.05) is 0 Å². The number of fused-ring (bicyclic) bond motifs is 1. The average molecular weight is 261 g/mol. The Kier molecular flexibility index (Phi) is 2.89. The van der Waals surface area contributed by atoms with E-state index in [0.717, 1.165) is 12.8 Å². The zero-order chi connectivity index (χ0) is 13.4. The van der Waals surface area contributed by atoms with E-state index in [9.17, 15) is 9.59 Å². The van der Waals surface area contributed by atoms with Crippen LogP contribution in [0.4, 0.5) is 0 Å².